The molecule has 2 heterocycles. The summed E-state index contributed by atoms with van der Waals surface area (Å²) in [7, 11) is 0. The Kier molecular flexibility index (Phi) is 4.70. The fourth-order valence-electron chi connectivity index (χ4n) is 3.34. The number of nitrogens with one attached hydrogen (secondary N) is 2. The van der Waals surface area contributed by atoms with Crippen molar-refractivity contribution in [2.75, 3.05) is 13.2 Å². The first kappa shape index (κ1) is 18.0. The van der Waals surface area contributed by atoms with Crippen molar-refractivity contribution in [1.82, 2.24) is 10.3 Å². The predicted molar refractivity (Wildman–Crippen MR) is 109 cm³/mol. The van der Waals surface area contributed by atoms with Gasteiger partial charge in [-0.25, -0.2) is 0 Å². The summed E-state index contributed by atoms with van der Waals surface area (Å²) in [6.07, 6.45) is 2.72. The number of ether oxygens (including phenoxy) is 2. The van der Waals surface area contributed by atoms with E-state index in [1.54, 1.807) is 6.07 Å². The van der Waals surface area contributed by atoms with Gasteiger partial charge in [-0.05, 0) is 43.5 Å². The Morgan fingerprint density at radius 2 is 2.14 bits per heavy atom. The summed E-state index contributed by atoms with van der Waals surface area (Å²) in [5, 5.41) is 3.88. The maximum Gasteiger partial charge on any atom is 0.252 e. The molecule has 5 heteroatoms. The molecule has 1 aliphatic rings. The molecular weight excluding hydrogens is 352 g/mol. The maximum absolute atomic E-state index is 12.2. The van der Waals surface area contributed by atoms with Crippen molar-refractivity contribution < 1.29 is 14.3 Å². The summed E-state index contributed by atoms with van der Waals surface area (Å²) in [6.45, 7) is 4.63. The van der Waals surface area contributed by atoms with E-state index in [1.807, 2.05) is 36.5 Å². The second-order valence-corrected chi connectivity index (χ2v) is 7.39. The van der Waals surface area contributed by atoms with Gasteiger partial charge in [-0.3, -0.25) is 4.79 Å². The van der Waals surface area contributed by atoms with Gasteiger partial charge in [-0.2, -0.15) is 0 Å². The number of aromatic amines is 1. The van der Waals surface area contributed by atoms with Crippen LogP contribution in [-0.4, -0.2) is 29.6 Å². The van der Waals surface area contributed by atoms with Crippen molar-refractivity contribution in [1.29, 1.82) is 0 Å². The van der Waals surface area contributed by atoms with Gasteiger partial charge >= 0.3 is 0 Å². The molecule has 0 unspecified atom stereocenters. The molecule has 2 N–H and O–H groups in total. The molecule has 2 aromatic carbocycles. The Bertz CT molecular complexity index is 1090. The summed E-state index contributed by atoms with van der Waals surface area (Å²) >= 11 is 0. The Hall–Kier alpha value is -3.39. The van der Waals surface area contributed by atoms with E-state index in [0.717, 1.165) is 28.6 Å². The maximum atomic E-state index is 12.2. The number of carbonyl (C=O) groups is 1. The first-order valence-electron chi connectivity index (χ1n) is 9.27. The number of para-hydroxylation sites is 1. The number of hydrogen-bond donors (Lipinski definition) is 2. The van der Waals surface area contributed by atoms with Crippen LogP contribution in [0.15, 0.2) is 48.7 Å². The summed E-state index contributed by atoms with van der Waals surface area (Å²) in [6, 6.07) is 13.4. The standard InChI is InChI=1S/C23H22N2O3/c1-23(2)15-18-6-5-7-20(21(18)28-23)27-13-4-3-11-25-22(26)17-9-8-16-10-12-24-19(16)14-17/h5-10,12,14,24H,11,13,15H2,1-2H3,(H,25,26). The largest absolute Gasteiger partial charge is 0.483 e. The molecular formula is C23H22N2O3. The van der Waals surface area contributed by atoms with Crippen LogP contribution in [0.5, 0.6) is 11.5 Å². The van der Waals surface area contributed by atoms with E-state index in [0.29, 0.717) is 11.3 Å². The average molecular weight is 374 g/mol. The lowest BCUT2D eigenvalue weighted by Crippen LogP contribution is -2.24. The molecule has 0 atom stereocenters. The average Bonchev–Trinajstić information content (AvgIpc) is 3.26. The van der Waals surface area contributed by atoms with Gasteiger partial charge < -0.3 is 19.8 Å². The molecule has 0 saturated heterocycles. The summed E-state index contributed by atoms with van der Waals surface area (Å²) in [4.78, 5) is 15.3. The molecule has 0 bridgehead atoms. The zero-order chi connectivity index (χ0) is 19.6. The highest BCUT2D eigenvalue weighted by atomic mass is 16.5. The Labute approximate surface area is 164 Å². The second kappa shape index (κ2) is 7.32. The van der Waals surface area contributed by atoms with Crippen molar-refractivity contribution in [2.24, 2.45) is 0 Å². The van der Waals surface area contributed by atoms with E-state index in [4.69, 9.17) is 9.47 Å². The van der Waals surface area contributed by atoms with Crippen molar-refractivity contribution in [2.45, 2.75) is 25.9 Å². The highest BCUT2D eigenvalue weighted by Crippen LogP contribution is 2.41. The highest BCUT2D eigenvalue weighted by molar-refractivity contribution is 5.98. The lowest BCUT2D eigenvalue weighted by molar-refractivity contribution is 0.0958. The van der Waals surface area contributed by atoms with Crippen LogP contribution in [0.1, 0.15) is 29.8 Å². The normalized spacial score (nSPS) is 13.9. The van der Waals surface area contributed by atoms with Gasteiger partial charge in [-0.15, -0.1) is 0 Å². The smallest absolute Gasteiger partial charge is 0.252 e. The molecule has 5 nitrogen and oxygen atoms in total. The Morgan fingerprint density at radius 3 is 3.04 bits per heavy atom. The lowest BCUT2D eigenvalue weighted by atomic mass is 10.0. The fraction of sp³-hybridized carbons (Fsp3) is 0.261. The van der Waals surface area contributed by atoms with Crippen LogP contribution in [0.2, 0.25) is 0 Å². The van der Waals surface area contributed by atoms with Gasteiger partial charge in [0.05, 0.1) is 6.54 Å². The predicted octanol–water partition coefficient (Wildman–Crippen LogP) is 3.69. The van der Waals surface area contributed by atoms with E-state index in [-0.39, 0.29) is 24.7 Å². The highest BCUT2D eigenvalue weighted by Gasteiger charge is 2.32. The molecule has 3 aromatic rings. The second-order valence-electron chi connectivity index (χ2n) is 7.39. The third-order valence-corrected chi connectivity index (χ3v) is 4.63. The van der Waals surface area contributed by atoms with E-state index in [2.05, 4.69) is 42.1 Å². The third kappa shape index (κ3) is 3.81. The third-order valence-electron chi connectivity index (χ3n) is 4.63. The van der Waals surface area contributed by atoms with Crippen LogP contribution in [0, 0.1) is 11.8 Å². The van der Waals surface area contributed by atoms with Gasteiger partial charge in [0.25, 0.3) is 5.91 Å². The van der Waals surface area contributed by atoms with E-state index >= 15 is 0 Å². The van der Waals surface area contributed by atoms with Crippen LogP contribution in [0.25, 0.3) is 10.9 Å². The number of fused-ring (bicyclic) bond motifs is 2. The van der Waals surface area contributed by atoms with Crippen LogP contribution in [0.3, 0.4) is 0 Å². The minimum absolute atomic E-state index is 0.150. The summed E-state index contributed by atoms with van der Waals surface area (Å²) in [5.74, 6) is 7.21. The lowest BCUT2D eigenvalue weighted by Gasteiger charge is -2.17. The number of aromatic nitrogens is 1. The Morgan fingerprint density at radius 1 is 1.25 bits per heavy atom. The van der Waals surface area contributed by atoms with E-state index < -0.39 is 0 Å². The van der Waals surface area contributed by atoms with Gasteiger partial charge in [0.15, 0.2) is 11.5 Å². The minimum atomic E-state index is -0.207. The molecule has 0 saturated carbocycles. The van der Waals surface area contributed by atoms with Crippen LogP contribution in [-0.2, 0) is 6.42 Å². The van der Waals surface area contributed by atoms with Gasteiger partial charge in [0.1, 0.15) is 12.2 Å². The van der Waals surface area contributed by atoms with Gasteiger partial charge in [-0.1, -0.05) is 30.0 Å². The van der Waals surface area contributed by atoms with Crippen molar-refractivity contribution in [3.05, 3.63) is 59.8 Å². The molecule has 0 spiro atoms. The van der Waals surface area contributed by atoms with Gasteiger partial charge in [0.2, 0.25) is 0 Å². The number of hydrogen-bond acceptors (Lipinski definition) is 3. The molecule has 142 valence electrons. The SMILES string of the molecule is CC1(C)Cc2cccc(OCC#CCNC(=O)c3ccc4cc[nH]c4c3)c2O1. The monoisotopic (exact) mass is 374 g/mol. The van der Waals surface area contributed by atoms with Crippen LogP contribution in [0.4, 0.5) is 0 Å². The van der Waals surface area contributed by atoms with Crippen LogP contribution < -0.4 is 14.8 Å². The molecule has 0 fully saturated rings. The number of amides is 1. The molecule has 4 rings (SSSR count). The number of rotatable bonds is 4. The van der Waals surface area contributed by atoms with Crippen molar-refractivity contribution in [3.63, 3.8) is 0 Å². The summed E-state index contributed by atoms with van der Waals surface area (Å²) < 4.78 is 11.7. The van der Waals surface area contributed by atoms with E-state index in [9.17, 15) is 4.79 Å². The van der Waals surface area contributed by atoms with E-state index in [1.165, 1.54) is 0 Å². The quantitative estimate of drug-likeness (QED) is 0.685. The number of benzene rings is 2. The topological polar surface area (TPSA) is 63.3 Å². The number of carbonyl (C=O) groups excluding carboxylic acids is 1. The molecule has 0 radical (unpaired) electrons. The van der Waals surface area contributed by atoms with Crippen molar-refractivity contribution in [3.8, 4) is 23.3 Å². The molecule has 28 heavy (non-hydrogen) atoms. The molecule has 1 aromatic heterocycles. The molecule has 1 aliphatic heterocycles. The van der Waals surface area contributed by atoms with Crippen molar-refractivity contribution >= 4 is 16.8 Å². The summed E-state index contributed by atoms with van der Waals surface area (Å²) in [5.41, 5.74) is 2.49. The molecule has 0 aliphatic carbocycles. The zero-order valence-corrected chi connectivity index (χ0v) is 16.0. The van der Waals surface area contributed by atoms with Crippen LogP contribution >= 0.6 is 0 Å². The minimum Gasteiger partial charge on any atom is -0.483 e. The molecule has 1 amide bonds. The Balaban J connectivity index is 1.28. The fourth-order valence-corrected chi connectivity index (χ4v) is 3.34. The van der Waals surface area contributed by atoms with Gasteiger partial charge in [0, 0.05) is 29.3 Å². The first-order chi connectivity index (χ1) is 13.5. The number of H-pyrrole nitrogens is 1. The first-order valence-corrected chi connectivity index (χ1v) is 9.27. The zero-order valence-electron chi connectivity index (χ0n) is 16.0.